The van der Waals surface area contributed by atoms with Gasteiger partial charge in [0, 0.05) is 83.9 Å². The quantitative estimate of drug-likeness (QED) is 0.184. The number of hydrogen-bond acceptors (Lipinski definition) is 12. The molecule has 8 atom stereocenters. The Balaban J connectivity index is 1.91. The molecule has 2 aliphatic rings. The van der Waals surface area contributed by atoms with Crippen LogP contribution in [0.4, 0.5) is 0 Å². The Morgan fingerprint density at radius 1 is 0.621 bits per heavy atom. The molecule has 0 spiro atoms. The molecule has 24 nitrogen and oxygen atoms in total. The van der Waals surface area contributed by atoms with Gasteiger partial charge in [0.1, 0.15) is 47.3 Å². The molecule has 0 bridgehead atoms. The van der Waals surface area contributed by atoms with Crippen LogP contribution in [0.1, 0.15) is 145 Å². The first-order chi connectivity index (χ1) is 44.4. The lowest BCUT2D eigenvalue weighted by atomic mass is 9.90. The van der Waals surface area contributed by atoms with Gasteiger partial charge in [-0.2, -0.15) is 0 Å². The number of carbonyl (C=O) groups is 12. The van der Waals surface area contributed by atoms with Crippen molar-refractivity contribution in [1.29, 1.82) is 0 Å². The van der Waals surface area contributed by atoms with Crippen molar-refractivity contribution in [3.8, 4) is 0 Å². The predicted octanol–water partition coefficient (Wildman–Crippen LogP) is 4.90. The second-order valence-electron chi connectivity index (χ2n) is 27.5. The zero-order valence-corrected chi connectivity index (χ0v) is 62.0. The molecule has 0 aliphatic carbocycles. The first kappa shape index (κ1) is 80.5. The molecule has 4 rings (SSSR count). The van der Waals surface area contributed by atoms with Gasteiger partial charge in [-0.1, -0.05) is 104 Å². The minimum absolute atomic E-state index is 0.0520. The topological polar surface area (TPSA) is 279 Å². The summed E-state index contributed by atoms with van der Waals surface area (Å²) in [6.07, 6.45) is 3.39. The average Bonchev–Trinajstić information content (AvgIpc) is 0.976. The fourth-order valence-corrected chi connectivity index (χ4v) is 12.4. The van der Waals surface area contributed by atoms with Gasteiger partial charge in [-0.25, -0.2) is 0 Å². The Bertz CT molecular complexity index is 3050. The normalized spacial score (nSPS) is 24.6. The van der Waals surface area contributed by atoms with Crippen molar-refractivity contribution in [2.75, 3.05) is 82.1 Å². The maximum Gasteiger partial charge on any atom is 0.246 e. The van der Waals surface area contributed by atoms with Crippen molar-refractivity contribution in [2.45, 2.75) is 194 Å². The zero-order chi connectivity index (χ0) is 71.6. The van der Waals surface area contributed by atoms with Crippen LogP contribution < -0.4 is 21.3 Å². The van der Waals surface area contributed by atoms with Crippen LogP contribution in [-0.2, 0) is 70.4 Å². The van der Waals surface area contributed by atoms with Crippen LogP contribution in [0, 0.1) is 21.3 Å². The number of piperidine rings is 1. The van der Waals surface area contributed by atoms with Crippen molar-refractivity contribution >= 4 is 105 Å². The van der Waals surface area contributed by atoms with Crippen molar-refractivity contribution in [1.82, 2.24) is 60.5 Å². The third-order valence-corrected chi connectivity index (χ3v) is 19.3. The van der Waals surface area contributed by atoms with E-state index in [0.29, 0.717) is 61.3 Å². The summed E-state index contributed by atoms with van der Waals surface area (Å²) in [5, 5.41) is 12.0. The summed E-state index contributed by atoms with van der Waals surface area (Å²) in [6, 6.07) is 6.35. The summed E-state index contributed by atoms with van der Waals surface area (Å²) < 4.78 is 0.839. The molecule has 2 saturated heterocycles. The molecule has 2 aliphatic heterocycles. The number of amides is 12. The summed E-state index contributed by atoms with van der Waals surface area (Å²) >= 11 is 8.38. The van der Waals surface area contributed by atoms with Crippen LogP contribution in [0.15, 0.2) is 48.5 Å². The molecule has 2 fully saturated rings. The minimum atomic E-state index is -1.79. The van der Waals surface area contributed by atoms with E-state index >= 15 is 14.4 Å². The van der Waals surface area contributed by atoms with Gasteiger partial charge in [0.05, 0.1) is 26.1 Å². The van der Waals surface area contributed by atoms with Gasteiger partial charge in [0.15, 0.2) is 0 Å². The first-order valence-corrected chi connectivity index (χ1v) is 34.6. The molecule has 2 heterocycles. The Morgan fingerprint density at radius 3 is 1.78 bits per heavy atom. The smallest absolute Gasteiger partial charge is 0.246 e. The van der Waals surface area contributed by atoms with E-state index in [1.807, 2.05) is 53.7 Å². The summed E-state index contributed by atoms with van der Waals surface area (Å²) in [4.78, 5) is 187. The van der Waals surface area contributed by atoms with Gasteiger partial charge in [-0.05, 0) is 135 Å². The Hall–Kier alpha value is -6.90. The largest absolute Gasteiger partial charge is 0.342 e. The Labute approximate surface area is 581 Å². The average molecular weight is 1460 g/mol. The molecule has 0 radical (unpaired) electrons. The van der Waals surface area contributed by atoms with Crippen LogP contribution in [-0.4, -0.2) is 239 Å². The van der Waals surface area contributed by atoms with E-state index in [9.17, 15) is 43.2 Å². The Kier molecular flexibility index (Phi) is 30.9. The van der Waals surface area contributed by atoms with Gasteiger partial charge in [0.2, 0.25) is 70.9 Å². The van der Waals surface area contributed by atoms with Crippen LogP contribution in [0.3, 0.4) is 0 Å². The number of nitrogens with one attached hydrogen (secondary N) is 4. The number of benzene rings is 2. The van der Waals surface area contributed by atoms with Crippen molar-refractivity contribution in [3.63, 3.8) is 0 Å². The lowest BCUT2D eigenvalue weighted by Crippen LogP contribution is -2.65. The molecule has 528 valence electrons. The van der Waals surface area contributed by atoms with Gasteiger partial charge in [-0.15, -0.1) is 0 Å². The van der Waals surface area contributed by atoms with Gasteiger partial charge in [0.25, 0.3) is 0 Å². The number of hydrogen-bond donors (Lipinski definition) is 4. The summed E-state index contributed by atoms with van der Waals surface area (Å²) in [5.41, 5.74) is -2.23. The Morgan fingerprint density at radius 2 is 1.20 bits per heavy atom. The van der Waals surface area contributed by atoms with Crippen LogP contribution in [0.2, 0.25) is 5.02 Å². The van der Waals surface area contributed by atoms with E-state index in [2.05, 4.69) is 43.9 Å². The summed E-state index contributed by atoms with van der Waals surface area (Å²) in [6.45, 7) is 16.5. The fraction of sp³-hybridized carbons (Fsp3) is 0.652. The summed E-state index contributed by atoms with van der Waals surface area (Å²) in [5.74, 6) is -8.91. The molecule has 0 saturated carbocycles. The number of halogens is 2. The highest BCUT2D eigenvalue weighted by atomic mass is 127. The molecule has 26 heteroatoms. The minimum Gasteiger partial charge on any atom is -0.342 e. The number of nitrogens with zero attached hydrogens (tertiary/aromatic N) is 8. The van der Waals surface area contributed by atoms with E-state index in [-0.39, 0.29) is 43.9 Å². The first-order valence-electron chi connectivity index (χ1n) is 33.2. The SMILES string of the molecule is CCCC[C@@H]1NC(=O)[C@](C)(Cc2cccc(I)c2)NC(=O)CN(C)C(=O)[C@H](Cc2ccc(Cl)cc2)N(C)C(=O)CN(C)C(=O)CN(C)C(=O)[C@H]([C@@H](C)CC)NC(=O)[C@H](CC(C)C)N(C)C(=O)C[C@@H](C(=O)N2CCCCC2)N(C)C(=O)[C@H](CC(C)C)NC(=O)C(C)(C)N(C)C1=O. The van der Waals surface area contributed by atoms with Gasteiger partial charge >= 0.3 is 0 Å². The number of likely N-dealkylation sites (N-methyl/N-ethyl adjacent to an activating group) is 7. The van der Waals surface area contributed by atoms with Gasteiger partial charge < -0.3 is 60.5 Å². The third kappa shape index (κ3) is 22.6. The van der Waals surface area contributed by atoms with E-state index in [1.54, 1.807) is 48.2 Å². The second kappa shape index (κ2) is 36.4. The van der Waals surface area contributed by atoms with Crippen LogP contribution in [0.5, 0.6) is 0 Å². The maximum atomic E-state index is 15.2. The predicted molar refractivity (Wildman–Crippen MR) is 373 cm³/mol. The van der Waals surface area contributed by atoms with Crippen LogP contribution >= 0.6 is 34.2 Å². The summed E-state index contributed by atoms with van der Waals surface area (Å²) in [7, 11) is 9.79. The molecular formula is C69H106ClIN12O12. The van der Waals surface area contributed by atoms with Crippen LogP contribution in [0.25, 0.3) is 0 Å². The van der Waals surface area contributed by atoms with E-state index in [4.69, 9.17) is 11.6 Å². The molecule has 0 aromatic heterocycles. The monoisotopic (exact) mass is 1460 g/mol. The molecule has 2 aromatic carbocycles. The molecule has 2 aromatic rings. The van der Waals surface area contributed by atoms with Crippen molar-refractivity contribution in [2.24, 2.45) is 17.8 Å². The lowest BCUT2D eigenvalue weighted by molar-refractivity contribution is -0.152. The van der Waals surface area contributed by atoms with E-state index in [1.165, 1.54) is 89.7 Å². The lowest BCUT2D eigenvalue weighted by Gasteiger charge is -2.40. The number of carbonyl (C=O) groups excluding carboxylic acids is 12. The molecule has 4 N–H and O–H groups in total. The number of unbranched alkanes of at least 4 members (excludes halogenated alkanes) is 1. The van der Waals surface area contributed by atoms with E-state index in [0.717, 1.165) is 24.7 Å². The zero-order valence-electron chi connectivity index (χ0n) is 59.1. The standard InChI is InChI=1S/C69H106ClIN12O12/c1-18-20-27-50-62(90)82(17)68(8,9)66(94)73-51(34-43(3)4)61(89)81(16)54(64(92)83-32-22-21-23-33-83)38-56(85)79(14)52(35-44(5)6)60(88)74-59(45(7)19-2)65(93)78(13)41-57(86)76(11)42-58(87)80(15)53(37-46-28-30-48(70)31-29-46)63(91)77(12)40-55(84)75-69(10,67(95)72-50)39-47-25-24-26-49(71)36-47/h24-26,28-31,36,43-45,50-54,59H,18-23,27,32-35,37-42H2,1-17H3,(H,72,95)(H,73,94)(H,74,88)(H,75,84)/t45-,50-,51-,52-,53-,54-,59-,69-/m0/s1. The highest BCUT2D eigenvalue weighted by Gasteiger charge is 2.45. The molecule has 12 amide bonds. The third-order valence-electron chi connectivity index (χ3n) is 18.4. The van der Waals surface area contributed by atoms with Crippen molar-refractivity contribution < 1.29 is 57.5 Å². The van der Waals surface area contributed by atoms with Gasteiger partial charge in [-0.3, -0.25) is 57.5 Å². The highest BCUT2D eigenvalue weighted by molar-refractivity contribution is 14.1. The molecule has 95 heavy (non-hydrogen) atoms. The van der Waals surface area contributed by atoms with E-state index < -0.39 is 150 Å². The maximum absolute atomic E-state index is 15.2. The fourth-order valence-electron chi connectivity index (χ4n) is 11.7. The van der Waals surface area contributed by atoms with Crippen molar-refractivity contribution in [3.05, 3.63) is 68.3 Å². The molecule has 0 unspecified atom stereocenters. The second-order valence-corrected chi connectivity index (χ2v) is 29.2. The highest BCUT2D eigenvalue weighted by Crippen LogP contribution is 2.25. The number of likely N-dealkylation sites (tertiary alicyclic amines) is 1. The molecular weight excluding hydrogens is 1350 g/mol. The number of rotatable bonds is 14.